The van der Waals surface area contributed by atoms with Crippen LogP contribution in [-0.4, -0.2) is 30.1 Å². The molecule has 1 fully saturated rings. The van der Waals surface area contributed by atoms with E-state index in [0.717, 1.165) is 51.5 Å². The zero-order valence-corrected chi connectivity index (χ0v) is 18.4. The van der Waals surface area contributed by atoms with Crippen LogP contribution in [0, 0.1) is 13.8 Å². The van der Waals surface area contributed by atoms with E-state index >= 15 is 0 Å². The molecule has 0 aliphatic carbocycles. The summed E-state index contributed by atoms with van der Waals surface area (Å²) >= 11 is 1.59. The summed E-state index contributed by atoms with van der Waals surface area (Å²) < 4.78 is 6.99. The number of hydrogen-bond acceptors (Lipinski definition) is 4. The fraction of sp³-hybridized carbons (Fsp3) is 0.417. The summed E-state index contributed by atoms with van der Waals surface area (Å²) in [6, 6.07) is 12.3. The van der Waals surface area contributed by atoms with Crippen molar-refractivity contribution in [2.45, 2.75) is 52.6 Å². The standard InChI is InChI=1S/C24H28N2O2S/c1-15(2)19-8-5-9-21-22(19)25-24(29-21)26(14-18-7-6-12-28-18)23(27)20-13-16(3)10-11-17(20)4/h5,8-11,13,15,18H,6-7,12,14H2,1-4H3. The van der Waals surface area contributed by atoms with Gasteiger partial charge in [0.1, 0.15) is 0 Å². The van der Waals surface area contributed by atoms with Crippen molar-refractivity contribution in [1.29, 1.82) is 0 Å². The molecule has 2 aromatic carbocycles. The minimum absolute atomic E-state index is 0.00635. The summed E-state index contributed by atoms with van der Waals surface area (Å²) in [4.78, 5) is 20.4. The van der Waals surface area contributed by atoms with Crippen molar-refractivity contribution in [1.82, 2.24) is 4.98 Å². The van der Waals surface area contributed by atoms with Gasteiger partial charge in [0.15, 0.2) is 5.13 Å². The maximum Gasteiger partial charge on any atom is 0.260 e. The molecule has 29 heavy (non-hydrogen) atoms. The predicted molar refractivity (Wildman–Crippen MR) is 120 cm³/mol. The number of fused-ring (bicyclic) bond motifs is 1. The number of para-hydroxylation sites is 1. The quantitative estimate of drug-likeness (QED) is 0.531. The normalized spacial score (nSPS) is 16.7. The second kappa shape index (κ2) is 8.25. The molecule has 152 valence electrons. The van der Waals surface area contributed by atoms with Crippen LogP contribution in [0.1, 0.15) is 59.7 Å². The van der Waals surface area contributed by atoms with E-state index in [1.807, 2.05) is 36.9 Å². The van der Waals surface area contributed by atoms with Crippen LogP contribution in [0.15, 0.2) is 36.4 Å². The molecule has 1 aromatic heterocycles. The number of anilines is 1. The number of aromatic nitrogens is 1. The second-order valence-corrected chi connectivity index (χ2v) is 9.22. The molecular formula is C24H28N2O2S. The molecule has 1 saturated heterocycles. The molecule has 1 unspecified atom stereocenters. The molecule has 1 aliphatic rings. The SMILES string of the molecule is Cc1ccc(C)c(C(=O)N(CC2CCCO2)c2nc3c(C(C)C)cccc3s2)c1. The summed E-state index contributed by atoms with van der Waals surface area (Å²) in [5.41, 5.74) is 5.05. The first-order valence-corrected chi connectivity index (χ1v) is 11.2. The number of carbonyl (C=O) groups excluding carboxylic acids is 1. The molecule has 1 amide bonds. The fourth-order valence-corrected chi connectivity index (χ4v) is 4.90. The van der Waals surface area contributed by atoms with E-state index in [2.05, 4.69) is 32.0 Å². The van der Waals surface area contributed by atoms with Crippen molar-refractivity contribution in [3.63, 3.8) is 0 Å². The topological polar surface area (TPSA) is 42.4 Å². The highest BCUT2D eigenvalue weighted by Gasteiger charge is 2.28. The lowest BCUT2D eigenvalue weighted by molar-refractivity contribution is 0.0917. The average Bonchev–Trinajstić information content (AvgIpc) is 3.36. The third kappa shape index (κ3) is 4.07. The molecule has 0 spiro atoms. The van der Waals surface area contributed by atoms with Gasteiger partial charge in [-0.3, -0.25) is 9.69 Å². The Labute approximate surface area is 176 Å². The molecule has 0 saturated carbocycles. The number of aryl methyl sites for hydroxylation is 2. The van der Waals surface area contributed by atoms with Gasteiger partial charge in [-0.15, -0.1) is 0 Å². The monoisotopic (exact) mass is 408 g/mol. The molecule has 5 heteroatoms. The maximum absolute atomic E-state index is 13.6. The van der Waals surface area contributed by atoms with E-state index in [-0.39, 0.29) is 12.0 Å². The van der Waals surface area contributed by atoms with Crippen molar-refractivity contribution < 1.29 is 9.53 Å². The van der Waals surface area contributed by atoms with Crippen LogP contribution in [0.25, 0.3) is 10.2 Å². The third-order valence-corrected chi connectivity index (χ3v) is 6.61. The summed E-state index contributed by atoms with van der Waals surface area (Å²) in [5, 5.41) is 0.759. The Morgan fingerprint density at radius 3 is 2.83 bits per heavy atom. The number of amides is 1. The number of benzene rings is 2. The van der Waals surface area contributed by atoms with Crippen molar-refractivity contribution >= 4 is 32.6 Å². The first-order chi connectivity index (χ1) is 13.9. The van der Waals surface area contributed by atoms with Gasteiger partial charge in [-0.05, 0) is 55.9 Å². The number of ether oxygens (including phenoxy) is 1. The van der Waals surface area contributed by atoms with Gasteiger partial charge < -0.3 is 4.74 Å². The first kappa shape index (κ1) is 20.0. The lowest BCUT2D eigenvalue weighted by Crippen LogP contribution is -2.37. The van der Waals surface area contributed by atoms with Gasteiger partial charge in [0, 0.05) is 12.2 Å². The zero-order chi connectivity index (χ0) is 20.5. The third-order valence-electron chi connectivity index (χ3n) is 5.57. The number of thiazole rings is 1. The Morgan fingerprint density at radius 2 is 2.10 bits per heavy atom. The lowest BCUT2D eigenvalue weighted by Gasteiger charge is -2.24. The van der Waals surface area contributed by atoms with E-state index in [4.69, 9.17) is 9.72 Å². The summed E-state index contributed by atoms with van der Waals surface area (Å²) in [6.07, 6.45) is 2.10. The van der Waals surface area contributed by atoms with Crippen LogP contribution in [-0.2, 0) is 4.74 Å². The van der Waals surface area contributed by atoms with Crippen molar-refractivity contribution in [3.05, 3.63) is 58.7 Å². The number of rotatable bonds is 5. The Kier molecular flexibility index (Phi) is 5.70. The van der Waals surface area contributed by atoms with E-state index in [1.165, 1.54) is 5.56 Å². The average molecular weight is 409 g/mol. The smallest absolute Gasteiger partial charge is 0.260 e. The van der Waals surface area contributed by atoms with Crippen molar-refractivity contribution in [2.75, 3.05) is 18.1 Å². The molecule has 0 radical (unpaired) electrons. The molecule has 0 N–H and O–H groups in total. The molecule has 1 atom stereocenters. The number of nitrogens with zero attached hydrogens (tertiary/aromatic N) is 2. The van der Waals surface area contributed by atoms with Gasteiger partial charge in [-0.25, -0.2) is 4.98 Å². The van der Waals surface area contributed by atoms with Crippen LogP contribution in [0.2, 0.25) is 0 Å². The molecule has 1 aliphatic heterocycles. The Hall–Kier alpha value is -2.24. The van der Waals surface area contributed by atoms with Crippen LogP contribution in [0.5, 0.6) is 0 Å². The molecule has 3 aromatic rings. The van der Waals surface area contributed by atoms with Gasteiger partial charge >= 0.3 is 0 Å². The van der Waals surface area contributed by atoms with E-state index in [9.17, 15) is 4.79 Å². The van der Waals surface area contributed by atoms with E-state index in [1.54, 1.807) is 11.3 Å². The number of carbonyl (C=O) groups is 1. The van der Waals surface area contributed by atoms with Crippen LogP contribution in [0.4, 0.5) is 5.13 Å². The maximum atomic E-state index is 13.6. The largest absolute Gasteiger partial charge is 0.376 e. The Morgan fingerprint density at radius 1 is 1.28 bits per heavy atom. The minimum Gasteiger partial charge on any atom is -0.376 e. The van der Waals surface area contributed by atoms with Crippen LogP contribution >= 0.6 is 11.3 Å². The molecular weight excluding hydrogens is 380 g/mol. The van der Waals surface area contributed by atoms with Crippen LogP contribution < -0.4 is 4.90 Å². The van der Waals surface area contributed by atoms with Gasteiger partial charge in [-0.2, -0.15) is 0 Å². The lowest BCUT2D eigenvalue weighted by atomic mass is 10.0. The highest BCUT2D eigenvalue weighted by molar-refractivity contribution is 7.22. The van der Waals surface area contributed by atoms with Crippen LogP contribution in [0.3, 0.4) is 0 Å². The predicted octanol–water partition coefficient (Wildman–Crippen LogP) is 5.86. The van der Waals surface area contributed by atoms with Gasteiger partial charge in [0.05, 0.1) is 22.9 Å². The Bertz CT molecular complexity index is 1030. The van der Waals surface area contributed by atoms with E-state index < -0.39 is 0 Å². The molecule has 2 heterocycles. The second-order valence-electron chi connectivity index (χ2n) is 8.21. The highest BCUT2D eigenvalue weighted by Crippen LogP contribution is 2.35. The van der Waals surface area contributed by atoms with Gasteiger partial charge in [0.25, 0.3) is 5.91 Å². The van der Waals surface area contributed by atoms with Gasteiger partial charge in [0.2, 0.25) is 0 Å². The molecule has 4 rings (SSSR count). The minimum atomic E-state index is 0.00635. The summed E-state index contributed by atoms with van der Waals surface area (Å²) in [6.45, 7) is 9.69. The summed E-state index contributed by atoms with van der Waals surface area (Å²) in [7, 11) is 0. The summed E-state index contributed by atoms with van der Waals surface area (Å²) in [5.74, 6) is 0.391. The zero-order valence-electron chi connectivity index (χ0n) is 17.6. The van der Waals surface area contributed by atoms with Gasteiger partial charge in [-0.1, -0.05) is 55.0 Å². The number of hydrogen-bond donors (Lipinski definition) is 0. The highest BCUT2D eigenvalue weighted by atomic mass is 32.1. The van der Waals surface area contributed by atoms with Crippen molar-refractivity contribution in [3.8, 4) is 0 Å². The molecule has 0 bridgehead atoms. The Balaban J connectivity index is 1.78. The van der Waals surface area contributed by atoms with Crippen molar-refractivity contribution in [2.24, 2.45) is 0 Å². The fourth-order valence-electron chi connectivity index (χ4n) is 3.89. The first-order valence-electron chi connectivity index (χ1n) is 10.3. The van der Waals surface area contributed by atoms with E-state index in [0.29, 0.717) is 12.5 Å². The molecule has 4 nitrogen and oxygen atoms in total.